The molecular weight excluding hydrogens is 440 g/mol. The van der Waals surface area contributed by atoms with Crippen LogP contribution < -0.4 is 19.7 Å². The number of ether oxygens (including phenoxy) is 2. The van der Waals surface area contributed by atoms with Crippen LogP contribution in [0.3, 0.4) is 0 Å². The first kappa shape index (κ1) is 24.9. The predicted octanol–water partition coefficient (Wildman–Crippen LogP) is 5.93. The molecule has 33 heavy (non-hydrogen) atoms. The van der Waals surface area contributed by atoms with Crippen LogP contribution in [0.4, 0.5) is 11.4 Å². The number of nitrogens with zero attached hydrogens (tertiary/aromatic N) is 1. The second kappa shape index (κ2) is 9.64. The van der Waals surface area contributed by atoms with Crippen LogP contribution in [0.15, 0.2) is 42.5 Å². The zero-order valence-electron chi connectivity index (χ0n) is 20.2. The average Bonchev–Trinajstić information content (AvgIpc) is 2.83. The smallest absolute Gasteiger partial charge is 0.267 e. The Labute approximate surface area is 201 Å². The van der Waals surface area contributed by atoms with Gasteiger partial charge in [-0.15, -0.1) is 0 Å². The lowest BCUT2D eigenvalue weighted by molar-refractivity contribution is -0.128. The van der Waals surface area contributed by atoms with Crippen LogP contribution in [0.5, 0.6) is 11.5 Å². The molecule has 0 unspecified atom stereocenters. The molecule has 7 heteroatoms. The van der Waals surface area contributed by atoms with Crippen LogP contribution in [0.25, 0.3) is 0 Å². The van der Waals surface area contributed by atoms with E-state index in [0.29, 0.717) is 34.7 Å². The van der Waals surface area contributed by atoms with Crippen molar-refractivity contribution in [3.63, 3.8) is 0 Å². The Kier molecular flexibility index (Phi) is 7.27. The fraction of sp³-hybridized carbons (Fsp3) is 0.462. The molecule has 0 bridgehead atoms. The van der Waals surface area contributed by atoms with Crippen molar-refractivity contribution in [2.24, 2.45) is 11.3 Å². The van der Waals surface area contributed by atoms with Crippen molar-refractivity contribution < 1.29 is 19.1 Å². The van der Waals surface area contributed by atoms with E-state index in [4.69, 9.17) is 21.1 Å². The lowest BCUT2D eigenvalue weighted by atomic mass is 9.92. The van der Waals surface area contributed by atoms with Crippen molar-refractivity contribution in [3.8, 4) is 11.5 Å². The molecule has 1 N–H and O–H groups in total. The van der Waals surface area contributed by atoms with Gasteiger partial charge in [0.1, 0.15) is 18.1 Å². The molecule has 1 aliphatic rings. The highest BCUT2D eigenvalue weighted by atomic mass is 35.5. The van der Waals surface area contributed by atoms with Gasteiger partial charge in [0.15, 0.2) is 5.60 Å². The number of amides is 2. The molecule has 2 aromatic carbocycles. The molecule has 0 radical (unpaired) electrons. The van der Waals surface area contributed by atoms with E-state index in [9.17, 15) is 9.59 Å². The Morgan fingerprint density at radius 3 is 2.52 bits per heavy atom. The number of anilines is 2. The zero-order chi connectivity index (χ0) is 24.4. The largest absolute Gasteiger partial charge is 0.490 e. The van der Waals surface area contributed by atoms with Crippen molar-refractivity contribution >= 4 is 34.8 Å². The highest BCUT2D eigenvalue weighted by Crippen LogP contribution is 2.38. The van der Waals surface area contributed by atoms with Crippen LogP contribution in [0.1, 0.15) is 48.0 Å². The van der Waals surface area contributed by atoms with Crippen molar-refractivity contribution in [2.75, 3.05) is 23.4 Å². The van der Waals surface area contributed by atoms with E-state index < -0.39 is 11.0 Å². The maximum Gasteiger partial charge on any atom is 0.267 e. The van der Waals surface area contributed by atoms with E-state index in [1.165, 1.54) is 0 Å². The molecule has 0 aromatic heterocycles. The molecule has 0 atom stereocenters. The summed E-state index contributed by atoms with van der Waals surface area (Å²) in [5.74, 6) is 1.32. The first-order valence-corrected chi connectivity index (χ1v) is 11.6. The molecule has 1 aliphatic heterocycles. The highest BCUT2D eigenvalue weighted by molar-refractivity contribution is 6.30. The fourth-order valence-corrected chi connectivity index (χ4v) is 3.59. The predicted molar refractivity (Wildman–Crippen MR) is 132 cm³/mol. The maximum absolute atomic E-state index is 13.2. The van der Waals surface area contributed by atoms with Gasteiger partial charge in [-0.25, -0.2) is 0 Å². The van der Waals surface area contributed by atoms with Gasteiger partial charge in [0, 0.05) is 23.3 Å². The summed E-state index contributed by atoms with van der Waals surface area (Å²) in [6.07, 6.45) is 0.885. The average molecular weight is 473 g/mol. The molecule has 178 valence electrons. The van der Waals surface area contributed by atoms with Gasteiger partial charge in [-0.2, -0.15) is 0 Å². The van der Waals surface area contributed by atoms with E-state index in [0.717, 1.165) is 12.1 Å². The maximum atomic E-state index is 13.2. The molecular formula is C26H33ClN2O4. The molecule has 1 heterocycles. The Balaban J connectivity index is 1.80. The van der Waals surface area contributed by atoms with E-state index in [1.807, 2.05) is 24.8 Å². The minimum atomic E-state index is -1.12. The number of halogens is 1. The van der Waals surface area contributed by atoms with Crippen molar-refractivity contribution in [1.29, 1.82) is 0 Å². The van der Waals surface area contributed by atoms with Crippen molar-refractivity contribution in [1.82, 2.24) is 0 Å². The van der Waals surface area contributed by atoms with Crippen LogP contribution in [-0.2, 0) is 9.59 Å². The first-order valence-electron chi connectivity index (χ1n) is 11.2. The SMILES string of the molecule is CC(C)CCN1C(=O)C(C)(C)COc2cc(NC(=O)C(C)(C)Oc3ccc(Cl)cc3)ccc21. The summed E-state index contributed by atoms with van der Waals surface area (Å²) in [6, 6.07) is 12.2. The molecule has 6 nitrogen and oxygen atoms in total. The fourth-order valence-electron chi connectivity index (χ4n) is 3.46. The van der Waals surface area contributed by atoms with Crippen LogP contribution >= 0.6 is 11.6 Å². The lowest BCUT2D eigenvalue weighted by Crippen LogP contribution is -2.43. The topological polar surface area (TPSA) is 67.9 Å². The molecule has 3 rings (SSSR count). The van der Waals surface area contributed by atoms with Gasteiger partial charge >= 0.3 is 0 Å². The lowest BCUT2D eigenvalue weighted by Gasteiger charge is -2.28. The Hall–Kier alpha value is -2.73. The Morgan fingerprint density at radius 2 is 1.88 bits per heavy atom. The van der Waals surface area contributed by atoms with Gasteiger partial charge in [0.05, 0.1) is 11.1 Å². The summed E-state index contributed by atoms with van der Waals surface area (Å²) in [5, 5.41) is 3.50. The number of hydrogen-bond acceptors (Lipinski definition) is 4. The first-order chi connectivity index (χ1) is 15.4. The molecule has 2 aromatic rings. The summed E-state index contributed by atoms with van der Waals surface area (Å²) in [4.78, 5) is 28.0. The molecule has 0 saturated carbocycles. The third kappa shape index (κ3) is 5.99. The van der Waals surface area contributed by atoms with Crippen LogP contribution in [-0.4, -0.2) is 30.6 Å². The monoisotopic (exact) mass is 472 g/mol. The van der Waals surface area contributed by atoms with Gasteiger partial charge in [0.2, 0.25) is 5.91 Å². The van der Waals surface area contributed by atoms with Crippen LogP contribution in [0, 0.1) is 11.3 Å². The Bertz CT molecular complexity index is 1020. The number of nitrogens with one attached hydrogen (secondary N) is 1. The molecule has 0 saturated heterocycles. The van der Waals surface area contributed by atoms with Gasteiger partial charge in [0.25, 0.3) is 5.91 Å². The quantitative estimate of drug-likeness (QED) is 0.542. The number of fused-ring (bicyclic) bond motifs is 1. The number of carbonyl (C=O) groups is 2. The molecule has 2 amide bonds. The summed E-state index contributed by atoms with van der Waals surface area (Å²) in [5.41, 5.74) is -0.472. The highest BCUT2D eigenvalue weighted by Gasteiger charge is 2.38. The molecule has 0 fully saturated rings. The van der Waals surface area contributed by atoms with Crippen molar-refractivity contribution in [3.05, 3.63) is 47.5 Å². The number of hydrogen-bond donors (Lipinski definition) is 1. The standard InChI is InChI=1S/C26H33ClN2O4/c1-17(2)13-14-29-21-12-9-19(15-22(21)32-16-25(3,4)24(29)31)28-23(30)26(5,6)33-20-10-7-18(27)8-11-20/h7-12,15,17H,13-14,16H2,1-6H3,(H,28,30). The third-order valence-corrected chi connectivity index (χ3v) is 5.84. The summed E-state index contributed by atoms with van der Waals surface area (Å²) >= 11 is 5.92. The van der Waals surface area contributed by atoms with Gasteiger partial charge in [-0.1, -0.05) is 25.4 Å². The third-order valence-electron chi connectivity index (χ3n) is 5.58. The van der Waals surface area contributed by atoms with E-state index in [2.05, 4.69) is 19.2 Å². The molecule has 0 spiro atoms. The number of carbonyl (C=O) groups excluding carboxylic acids is 2. The van der Waals surface area contributed by atoms with Gasteiger partial charge in [-0.3, -0.25) is 9.59 Å². The van der Waals surface area contributed by atoms with E-state index in [-0.39, 0.29) is 18.4 Å². The minimum absolute atomic E-state index is 0.0381. The van der Waals surface area contributed by atoms with Gasteiger partial charge in [-0.05, 0) is 76.4 Å². The minimum Gasteiger partial charge on any atom is -0.490 e. The number of rotatable bonds is 7. The summed E-state index contributed by atoms with van der Waals surface area (Å²) in [6.45, 7) is 12.3. The second-order valence-electron chi connectivity index (χ2n) is 10.0. The van der Waals surface area contributed by atoms with Gasteiger partial charge < -0.3 is 19.7 Å². The summed E-state index contributed by atoms with van der Waals surface area (Å²) in [7, 11) is 0. The molecule has 0 aliphatic carbocycles. The van der Waals surface area contributed by atoms with E-state index in [1.54, 1.807) is 50.2 Å². The van der Waals surface area contributed by atoms with E-state index >= 15 is 0 Å². The van der Waals surface area contributed by atoms with Crippen molar-refractivity contribution in [2.45, 2.75) is 53.6 Å². The normalized spacial score (nSPS) is 15.5. The zero-order valence-corrected chi connectivity index (χ0v) is 21.0. The number of benzene rings is 2. The Morgan fingerprint density at radius 1 is 1.21 bits per heavy atom. The van der Waals surface area contributed by atoms with Crippen LogP contribution in [0.2, 0.25) is 5.02 Å². The summed E-state index contributed by atoms with van der Waals surface area (Å²) < 4.78 is 11.9. The second-order valence-corrected chi connectivity index (χ2v) is 10.5.